The van der Waals surface area contributed by atoms with Gasteiger partial charge >= 0.3 is 0 Å². The lowest BCUT2D eigenvalue weighted by atomic mass is 10.00. The molecule has 2 N–H and O–H groups in total. The van der Waals surface area contributed by atoms with Crippen LogP contribution in [0.25, 0.3) is 0 Å². The molecule has 0 heterocycles. The molecule has 1 unspecified atom stereocenters. The van der Waals surface area contributed by atoms with E-state index >= 15 is 0 Å². The molecule has 0 aliphatic heterocycles. The zero-order chi connectivity index (χ0) is 15.4. The highest BCUT2D eigenvalue weighted by molar-refractivity contribution is 9.10. The Bertz CT molecular complexity index is 613. The Morgan fingerprint density at radius 3 is 2.52 bits per heavy atom. The van der Waals surface area contributed by atoms with Gasteiger partial charge in [-0.1, -0.05) is 40.5 Å². The Labute approximate surface area is 146 Å². The van der Waals surface area contributed by atoms with Crippen molar-refractivity contribution in [2.24, 2.45) is 5.73 Å². The number of ether oxygens (including phenoxy) is 1. The average molecular weight is 434 g/mol. The van der Waals surface area contributed by atoms with Gasteiger partial charge in [0.25, 0.3) is 0 Å². The van der Waals surface area contributed by atoms with Crippen LogP contribution in [0.3, 0.4) is 0 Å². The third kappa shape index (κ3) is 4.46. The summed E-state index contributed by atoms with van der Waals surface area (Å²) in [6, 6.07) is 11.4. The van der Waals surface area contributed by atoms with Gasteiger partial charge in [0.15, 0.2) is 0 Å². The van der Waals surface area contributed by atoms with E-state index in [0.29, 0.717) is 11.6 Å². The van der Waals surface area contributed by atoms with Crippen molar-refractivity contribution in [1.29, 1.82) is 0 Å². The van der Waals surface area contributed by atoms with E-state index in [2.05, 4.69) is 38.8 Å². The maximum Gasteiger partial charge on any atom is 0.133 e. The third-order valence-corrected chi connectivity index (χ3v) is 4.32. The number of rotatable bonds is 5. The van der Waals surface area contributed by atoms with E-state index in [9.17, 15) is 0 Å². The molecular formula is C16H16Br2ClNO. The van der Waals surface area contributed by atoms with Gasteiger partial charge in [-0.15, -0.1) is 0 Å². The van der Waals surface area contributed by atoms with Gasteiger partial charge in [-0.25, -0.2) is 0 Å². The third-order valence-electron chi connectivity index (χ3n) is 3.02. The molecule has 1 atom stereocenters. The van der Waals surface area contributed by atoms with Gasteiger partial charge in [0.1, 0.15) is 5.75 Å². The number of hydrogen-bond donors (Lipinski definition) is 1. The first kappa shape index (κ1) is 16.8. The fraction of sp³-hybridized carbons (Fsp3) is 0.250. The normalized spacial score (nSPS) is 12.2. The van der Waals surface area contributed by atoms with Crippen LogP contribution in [0.5, 0.6) is 5.75 Å². The summed E-state index contributed by atoms with van der Waals surface area (Å²) in [6.07, 6.45) is 0.976. The van der Waals surface area contributed by atoms with E-state index in [4.69, 9.17) is 22.1 Å². The van der Waals surface area contributed by atoms with Gasteiger partial charge in [0, 0.05) is 9.50 Å². The molecule has 0 radical (unpaired) electrons. The standard InChI is InChI=1S/C16H16Br2ClNO/c1-2-5-21-15-4-3-10(8-14(15)18)16(20)11-6-12(17)9-13(19)7-11/h3-4,6-9,16H,2,5,20H2,1H3. The Hall–Kier alpha value is -0.550. The van der Waals surface area contributed by atoms with Crippen LogP contribution in [-0.4, -0.2) is 6.61 Å². The van der Waals surface area contributed by atoms with E-state index in [1.165, 1.54) is 0 Å². The Kier molecular flexibility index (Phi) is 6.11. The first-order valence-corrected chi connectivity index (χ1v) is 8.61. The highest BCUT2D eigenvalue weighted by Gasteiger charge is 2.12. The largest absolute Gasteiger partial charge is 0.492 e. The van der Waals surface area contributed by atoms with Crippen molar-refractivity contribution in [2.45, 2.75) is 19.4 Å². The predicted molar refractivity (Wildman–Crippen MR) is 95.1 cm³/mol. The molecular weight excluding hydrogens is 417 g/mol. The van der Waals surface area contributed by atoms with Crippen LogP contribution in [-0.2, 0) is 0 Å². The summed E-state index contributed by atoms with van der Waals surface area (Å²) in [5.41, 5.74) is 8.29. The molecule has 0 saturated heterocycles. The SMILES string of the molecule is CCCOc1ccc(C(N)c2cc(Cl)cc(Br)c2)cc1Br. The van der Waals surface area contributed by atoms with Crippen LogP contribution in [0.15, 0.2) is 45.3 Å². The van der Waals surface area contributed by atoms with Crippen molar-refractivity contribution in [3.8, 4) is 5.75 Å². The van der Waals surface area contributed by atoms with Gasteiger partial charge in [-0.05, 0) is 63.8 Å². The minimum absolute atomic E-state index is 0.239. The van der Waals surface area contributed by atoms with E-state index in [-0.39, 0.29) is 6.04 Å². The predicted octanol–water partition coefficient (Wildman–Crippen LogP) is 5.70. The van der Waals surface area contributed by atoms with Crippen LogP contribution in [0.1, 0.15) is 30.5 Å². The number of halogens is 3. The fourth-order valence-electron chi connectivity index (χ4n) is 1.99. The van der Waals surface area contributed by atoms with E-state index in [0.717, 1.165) is 32.2 Å². The molecule has 0 saturated carbocycles. The summed E-state index contributed by atoms with van der Waals surface area (Å²) in [5, 5.41) is 0.664. The lowest BCUT2D eigenvalue weighted by Crippen LogP contribution is -2.12. The minimum Gasteiger partial charge on any atom is -0.492 e. The first-order valence-electron chi connectivity index (χ1n) is 6.65. The maximum absolute atomic E-state index is 6.33. The van der Waals surface area contributed by atoms with Crippen LogP contribution in [0.2, 0.25) is 5.02 Å². The zero-order valence-corrected chi connectivity index (χ0v) is 15.5. The van der Waals surface area contributed by atoms with Crippen molar-refractivity contribution in [1.82, 2.24) is 0 Å². The van der Waals surface area contributed by atoms with Crippen LogP contribution >= 0.6 is 43.5 Å². The summed E-state index contributed by atoms with van der Waals surface area (Å²) >= 11 is 13.1. The van der Waals surface area contributed by atoms with Crippen molar-refractivity contribution < 1.29 is 4.74 Å². The molecule has 2 nitrogen and oxygen atoms in total. The Morgan fingerprint density at radius 2 is 1.90 bits per heavy atom. The first-order chi connectivity index (χ1) is 10.0. The van der Waals surface area contributed by atoms with Gasteiger partial charge in [-0.2, -0.15) is 0 Å². The topological polar surface area (TPSA) is 35.2 Å². The molecule has 0 spiro atoms. The van der Waals surface area contributed by atoms with E-state index < -0.39 is 0 Å². The van der Waals surface area contributed by atoms with Crippen molar-refractivity contribution >= 4 is 43.5 Å². The highest BCUT2D eigenvalue weighted by Crippen LogP contribution is 2.31. The van der Waals surface area contributed by atoms with Gasteiger partial charge < -0.3 is 10.5 Å². The quantitative estimate of drug-likeness (QED) is 0.656. The summed E-state index contributed by atoms with van der Waals surface area (Å²) in [6.45, 7) is 2.78. The summed E-state index contributed by atoms with van der Waals surface area (Å²) in [4.78, 5) is 0. The van der Waals surface area contributed by atoms with Gasteiger partial charge in [0.2, 0.25) is 0 Å². The number of benzene rings is 2. The molecule has 112 valence electrons. The lowest BCUT2D eigenvalue weighted by Gasteiger charge is -2.15. The molecule has 0 aliphatic rings. The number of nitrogens with two attached hydrogens (primary N) is 1. The molecule has 21 heavy (non-hydrogen) atoms. The molecule has 0 bridgehead atoms. The Balaban J connectivity index is 2.26. The van der Waals surface area contributed by atoms with Crippen LogP contribution < -0.4 is 10.5 Å². The second kappa shape index (κ2) is 7.63. The van der Waals surface area contributed by atoms with Gasteiger partial charge in [0.05, 0.1) is 17.1 Å². The molecule has 0 aromatic heterocycles. The highest BCUT2D eigenvalue weighted by atomic mass is 79.9. The number of hydrogen-bond acceptors (Lipinski definition) is 2. The molecule has 0 fully saturated rings. The second-order valence-electron chi connectivity index (χ2n) is 4.72. The zero-order valence-electron chi connectivity index (χ0n) is 11.6. The van der Waals surface area contributed by atoms with Crippen molar-refractivity contribution in [3.63, 3.8) is 0 Å². The molecule has 0 aliphatic carbocycles. The minimum atomic E-state index is -0.239. The van der Waals surface area contributed by atoms with E-state index in [1.54, 1.807) is 0 Å². The van der Waals surface area contributed by atoms with E-state index in [1.807, 2.05) is 36.4 Å². The summed E-state index contributed by atoms with van der Waals surface area (Å²) < 4.78 is 7.47. The van der Waals surface area contributed by atoms with Crippen LogP contribution in [0.4, 0.5) is 0 Å². The molecule has 2 aromatic carbocycles. The molecule has 5 heteroatoms. The average Bonchev–Trinajstić information content (AvgIpc) is 2.44. The monoisotopic (exact) mass is 431 g/mol. The molecule has 2 rings (SSSR count). The fourth-order valence-corrected chi connectivity index (χ4v) is 3.38. The summed E-state index contributed by atoms with van der Waals surface area (Å²) in [7, 11) is 0. The maximum atomic E-state index is 6.33. The second-order valence-corrected chi connectivity index (χ2v) is 6.93. The smallest absolute Gasteiger partial charge is 0.133 e. The lowest BCUT2D eigenvalue weighted by molar-refractivity contribution is 0.315. The van der Waals surface area contributed by atoms with Crippen LogP contribution in [0, 0.1) is 0 Å². The Morgan fingerprint density at radius 1 is 1.14 bits per heavy atom. The summed E-state index contributed by atoms with van der Waals surface area (Å²) in [5.74, 6) is 0.833. The van der Waals surface area contributed by atoms with Crippen molar-refractivity contribution in [2.75, 3.05) is 6.61 Å². The molecule has 2 aromatic rings. The molecule has 0 amide bonds. The van der Waals surface area contributed by atoms with Gasteiger partial charge in [-0.3, -0.25) is 0 Å². The van der Waals surface area contributed by atoms with Crippen molar-refractivity contribution in [3.05, 3.63) is 61.5 Å².